The number of hydrogen-bond acceptors (Lipinski definition) is 6. The fraction of sp³-hybridized carbons (Fsp3) is 0.208. The highest BCUT2D eigenvalue weighted by atomic mass is 35.5. The first kappa shape index (κ1) is 25.2. The van der Waals surface area contributed by atoms with Gasteiger partial charge < -0.3 is 15.7 Å². The lowest BCUT2D eigenvalue weighted by Gasteiger charge is -2.27. The maximum Gasteiger partial charge on any atom is 0.334 e. The van der Waals surface area contributed by atoms with Gasteiger partial charge in [0, 0.05) is 49.7 Å². The van der Waals surface area contributed by atoms with E-state index in [1.165, 1.54) is 25.4 Å². The van der Waals surface area contributed by atoms with Crippen molar-refractivity contribution < 1.29 is 23.1 Å². The average molecular weight is 517 g/mol. The Balaban J connectivity index is 1.86. The Morgan fingerprint density at radius 2 is 1.81 bits per heavy atom. The summed E-state index contributed by atoms with van der Waals surface area (Å²) in [6.07, 6.45) is 1.26. The van der Waals surface area contributed by atoms with E-state index in [1.54, 1.807) is 6.07 Å². The minimum absolute atomic E-state index is 0.0197. The van der Waals surface area contributed by atoms with E-state index in [0.29, 0.717) is 24.5 Å². The number of aromatic nitrogens is 1. The topological polar surface area (TPSA) is 105 Å². The number of benzene rings is 2. The molecular formula is C24H20ClF3N6O2. The molecule has 0 radical (unpaired) electrons. The average Bonchev–Trinajstić information content (AvgIpc) is 2.92. The molecule has 0 spiro atoms. The highest BCUT2D eigenvalue weighted by Gasteiger charge is 2.37. The lowest BCUT2D eigenvalue weighted by atomic mass is 10.0. The zero-order valence-electron chi connectivity index (χ0n) is 18.9. The largest absolute Gasteiger partial charge is 0.395 e. The first-order valence-electron chi connectivity index (χ1n) is 10.8. The number of hydrogen-bond donors (Lipinski definition) is 3. The highest BCUT2D eigenvalue weighted by Crippen LogP contribution is 2.46. The molecule has 0 aliphatic carbocycles. The van der Waals surface area contributed by atoms with Crippen molar-refractivity contribution >= 4 is 40.5 Å². The van der Waals surface area contributed by atoms with E-state index < -0.39 is 29.2 Å². The fourth-order valence-electron chi connectivity index (χ4n) is 3.92. The Hall–Kier alpha value is -3.85. The molecule has 2 heterocycles. The van der Waals surface area contributed by atoms with Crippen molar-refractivity contribution in [3.63, 3.8) is 0 Å². The van der Waals surface area contributed by atoms with Crippen LogP contribution < -0.4 is 20.4 Å². The van der Waals surface area contributed by atoms with Gasteiger partial charge in [-0.2, -0.15) is 5.26 Å². The van der Waals surface area contributed by atoms with E-state index in [2.05, 4.69) is 15.6 Å². The number of aliphatic hydroxyl groups is 1. The molecule has 0 fully saturated rings. The van der Waals surface area contributed by atoms with Crippen LogP contribution in [0.3, 0.4) is 0 Å². The van der Waals surface area contributed by atoms with E-state index in [4.69, 9.17) is 16.7 Å². The number of halogens is 4. The van der Waals surface area contributed by atoms with E-state index >= 15 is 13.2 Å². The Bertz CT molecular complexity index is 1360. The Labute approximate surface area is 209 Å². The molecule has 0 atom stereocenters. The monoisotopic (exact) mass is 516 g/mol. The molecule has 3 N–H and O–H groups in total. The minimum atomic E-state index is -1.09. The fourth-order valence-corrected chi connectivity index (χ4v) is 4.08. The lowest BCUT2D eigenvalue weighted by molar-refractivity contribution is 0.254. The Morgan fingerprint density at radius 3 is 2.47 bits per heavy atom. The van der Waals surface area contributed by atoms with Gasteiger partial charge in [-0.05, 0) is 30.3 Å². The molecule has 0 bridgehead atoms. The second-order valence-corrected chi connectivity index (χ2v) is 8.29. The Kier molecular flexibility index (Phi) is 7.30. The predicted octanol–water partition coefficient (Wildman–Crippen LogP) is 4.39. The lowest BCUT2D eigenvalue weighted by Crippen LogP contribution is -2.39. The summed E-state index contributed by atoms with van der Waals surface area (Å²) < 4.78 is 46.1. The normalized spacial score (nSPS) is 12.6. The van der Waals surface area contributed by atoms with Crippen LogP contribution in [0.5, 0.6) is 0 Å². The van der Waals surface area contributed by atoms with E-state index in [-0.39, 0.29) is 45.5 Å². The van der Waals surface area contributed by atoms with Crippen LogP contribution in [0, 0.1) is 28.8 Å². The summed E-state index contributed by atoms with van der Waals surface area (Å²) in [5.74, 6) is -3.05. The SMILES string of the molecule is CN1C(=O)N(c2c(F)cc(NCCNCCO)cc2F)c2cc(C#N)cc(F)c2-c2cc(Cl)cnc21. The second-order valence-electron chi connectivity index (χ2n) is 7.85. The summed E-state index contributed by atoms with van der Waals surface area (Å²) in [4.78, 5) is 19.4. The zero-order valence-corrected chi connectivity index (χ0v) is 19.7. The number of carbonyl (C=O) groups is 1. The third kappa shape index (κ3) is 4.66. The van der Waals surface area contributed by atoms with Gasteiger partial charge in [-0.1, -0.05) is 11.6 Å². The quantitative estimate of drug-likeness (QED) is 0.402. The number of fused-ring (bicyclic) bond motifs is 3. The molecule has 186 valence electrons. The van der Waals surface area contributed by atoms with Crippen LogP contribution >= 0.6 is 11.6 Å². The molecular weight excluding hydrogens is 497 g/mol. The summed E-state index contributed by atoms with van der Waals surface area (Å²) >= 11 is 6.08. The molecule has 36 heavy (non-hydrogen) atoms. The molecule has 0 saturated heterocycles. The van der Waals surface area contributed by atoms with Crippen molar-refractivity contribution in [2.24, 2.45) is 0 Å². The summed E-state index contributed by atoms with van der Waals surface area (Å²) in [5.41, 5.74) is -1.09. The third-order valence-electron chi connectivity index (χ3n) is 5.50. The molecule has 0 saturated carbocycles. The van der Waals surface area contributed by atoms with Crippen LogP contribution in [0.1, 0.15) is 5.56 Å². The third-order valence-corrected chi connectivity index (χ3v) is 5.70. The van der Waals surface area contributed by atoms with Gasteiger partial charge in [0.15, 0.2) is 11.6 Å². The van der Waals surface area contributed by atoms with Crippen molar-refractivity contribution in [3.05, 3.63) is 64.6 Å². The van der Waals surface area contributed by atoms with Crippen LogP contribution in [-0.2, 0) is 0 Å². The number of pyridine rings is 1. The number of aliphatic hydroxyl groups excluding tert-OH is 1. The predicted molar refractivity (Wildman–Crippen MR) is 130 cm³/mol. The van der Waals surface area contributed by atoms with Crippen LogP contribution in [0.15, 0.2) is 36.5 Å². The van der Waals surface area contributed by atoms with Crippen molar-refractivity contribution in [2.75, 3.05) is 48.4 Å². The molecule has 0 unspecified atom stereocenters. The number of amides is 2. The first-order valence-corrected chi connectivity index (χ1v) is 11.2. The van der Waals surface area contributed by atoms with Crippen molar-refractivity contribution in [1.82, 2.24) is 10.3 Å². The molecule has 3 aromatic rings. The number of nitrogens with zero attached hydrogens (tertiary/aromatic N) is 4. The summed E-state index contributed by atoms with van der Waals surface area (Å²) in [7, 11) is 1.33. The first-order chi connectivity index (χ1) is 17.3. The van der Waals surface area contributed by atoms with Crippen LogP contribution in [0.25, 0.3) is 11.1 Å². The molecule has 1 aliphatic rings. The molecule has 1 aliphatic heterocycles. The molecule has 12 heteroatoms. The van der Waals surface area contributed by atoms with E-state index in [1.807, 2.05) is 0 Å². The smallest absolute Gasteiger partial charge is 0.334 e. The molecule has 2 amide bonds. The van der Waals surface area contributed by atoms with Gasteiger partial charge in [0.05, 0.1) is 28.9 Å². The van der Waals surface area contributed by atoms with Crippen molar-refractivity contribution in [1.29, 1.82) is 5.26 Å². The van der Waals surface area contributed by atoms with E-state index in [0.717, 1.165) is 23.1 Å². The van der Waals surface area contributed by atoms with Crippen LogP contribution in [-0.4, -0.2) is 49.4 Å². The van der Waals surface area contributed by atoms with Gasteiger partial charge in [0.1, 0.15) is 17.3 Å². The number of carbonyl (C=O) groups excluding carboxylic acids is 1. The minimum Gasteiger partial charge on any atom is -0.395 e. The maximum absolute atomic E-state index is 15.4. The number of rotatable bonds is 7. The summed E-state index contributed by atoms with van der Waals surface area (Å²) in [6.45, 7) is 1.07. The van der Waals surface area contributed by atoms with E-state index in [9.17, 15) is 10.1 Å². The standard InChI is InChI=1S/C24H20ClF3N6O2/c1-33-23-16(8-14(25)12-32-23)21-17(26)6-13(11-29)7-20(21)34(24(33)36)22-18(27)9-15(10-19(22)28)31-3-2-30-4-5-35/h6-10,12,30-31,35H,2-5H2,1H3. The number of nitrogens with one attached hydrogen (secondary N) is 2. The highest BCUT2D eigenvalue weighted by molar-refractivity contribution is 6.31. The van der Waals surface area contributed by atoms with Gasteiger partial charge in [0.25, 0.3) is 0 Å². The van der Waals surface area contributed by atoms with Gasteiger partial charge in [-0.25, -0.2) is 22.9 Å². The van der Waals surface area contributed by atoms with Gasteiger partial charge >= 0.3 is 6.03 Å². The molecule has 8 nitrogen and oxygen atoms in total. The van der Waals surface area contributed by atoms with Crippen molar-refractivity contribution in [3.8, 4) is 17.2 Å². The van der Waals surface area contributed by atoms with Gasteiger partial charge in [-0.15, -0.1) is 0 Å². The number of urea groups is 1. The van der Waals surface area contributed by atoms with Crippen LogP contribution in [0.4, 0.5) is 40.8 Å². The van der Waals surface area contributed by atoms with Gasteiger partial charge in [-0.3, -0.25) is 9.80 Å². The molecule has 2 aromatic carbocycles. The number of nitriles is 1. The number of anilines is 4. The van der Waals surface area contributed by atoms with Gasteiger partial charge in [0.2, 0.25) is 0 Å². The summed E-state index contributed by atoms with van der Waals surface area (Å²) in [5, 5.41) is 24.1. The molecule has 1 aromatic heterocycles. The van der Waals surface area contributed by atoms with Crippen LogP contribution in [0.2, 0.25) is 5.02 Å². The Morgan fingerprint density at radius 1 is 1.08 bits per heavy atom. The van der Waals surface area contributed by atoms with Crippen molar-refractivity contribution in [2.45, 2.75) is 0 Å². The zero-order chi connectivity index (χ0) is 26.0. The molecule has 4 rings (SSSR count). The summed E-state index contributed by atoms with van der Waals surface area (Å²) in [6, 6.07) is 6.41. The second kappa shape index (κ2) is 10.4. The maximum atomic E-state index is 15.4.